The number of aryl methyl sites for hydroxylation is 1. The fourth-order valence-corrected chi connectivity index (χ4v) is 3.17. The lowest BCUT2D eigenvalue weighted by Gasteiger charge is -2.24. The minimum Gasteiger partial charge on any atom is -0.357 e. The predicted molar refractivity (Wildman–Crippen MR) is 90.6 cm³/mol. The zero-order valence-electron chi connectivity index (χ0n) is 14.5. The van der Waals surface area contributed by atoms with Gasteiger partial charge in [-0.05, 0) is 45.2 Å². The summed E-state index contributed by atoms with van der Waals surface area (Å²) in [7, 11) is 1.80. The van der Waals surface area contributed by atoms with Gasteiger partial charge in [0.25, 0.3) is 5.91 Å². The minimum atomic E-state index is -0.0555. The fraction of sp³-hybridized carbons (Fsp3) is 0.500. The maximum absolute atomic E-state index is 12.9. The molecule has 1 saturated heterocycles. The number of hydrogen-bond acceptors (Lipinski definition) is 4. The number of aromatic nitrogens is 3. The molecule has 3 heterocycles. The highest BCUT2D eigenvalue weighted by atomic mass is 16.5. The Bertz CT molecular complexity index is 705. The molecule has 3 rings (SSSR count). The smallest absolute Gasteiger partial charge is 0.257 e. The monoisotopic (exact) mass is 328 g/mol. The van der Waals surface area contributed by atoms with Crippen LogP contribution in [0.1, 0.15) is 52.9 Å². The van der Waals surface area contributed by atoms with E-state index in [1.165, 1.54) is 0 Å². The molecule has 0 aromatic carbocycles. The third kappa shape index (κ3) is 3.33. The van der Waals surface area contributed by atoms with Gasteiger partial charge in [0.15, 0.2) is 0 Å². The van der Waals surface area contributed by atoms with Crippen molar-refractivity contribution in [1.82, 2.24) is 19.7 Å². The van der Waals surface area contributed by atoms with Gasteiger partial charge in [-0.3, -0.25) is 9.78 Å². The van der Waals surface area contributed by atoms with Gasteiger partial charge in [-0.2, -0.15) is 5.10 Å². The Hall–Kier alpha value is -2.21. The maximum atomic E-state index is 12.9. The van der Waals surface area contributed by atoms with E-state index in [1.807, 2.05) is 36.7 Å². The molecule has 128 valence electrons. The van der Waals surface area contributed by atoms with Crippen molar-refractivity contribution < 1.29 is 9.53 Å². The summed E-state index contributed by atoms with van der Waals surface area (Å²) < 4.78 is 7.69. The summed E-state index contributed by atoms with van der Waals surface area (Å²) >= 11 is 0. The predicted octanol–water partition coefficient (Wildman–Crippen LogP) is 2.87. The van der Waals surface area contributed by atoms with E-state index in [4.69, 9.17) is 4.74 Å². The summed E-state index contributed by atoms with van der Waals surface area (Å²) in [6.45, 7) is 5.06. The molecule has 6 heteroatoms. The summed E-state index contributed by atoms with van der Waals surface area (Å²) in [5, 5.41) is 4.57. The molecule has 0 unspecified atom stereocenters. The van der Waals surface area contributed by atoms with E-state index < -0.39 is 0 Å². The van der Waals surface area contributed by atoms with Gasteiger partial charge < -0.3 is 9.64 Å². The Balaban J connectivity index is 1.80. The second kappa shape index (κ2) is 7.13. The standard InChI is InChI=1S/C18H24N4O2/c1-13-17(14(2)22(20-13)16-9-5-7-11-24-16)18(23)21(3)12-15-8-4-6-10-19-15/h4,6,8,10,16H,5,7,9,11-12H2,1-3H3/t16-/m0/s1. The summed E-state index contributed by atoms with van der Waals surface area (Å²) in [4.78, 5) is 18.9. The van der Waals surface area contributed by atoms with Gasteiger partial charge in [0.1, 0.15) is 6.23 Å². The molecule has 24 heavy (non-hydrogen) atoms. The molecule has 2 aromatic heterocycles. The summed E-state index contributed by atoms with van der Waals surface area (Å²) in [5.74, 6) is -0.0299. The molecule has 1 aliphatic rings. The van der Waals surface area contributed by atoms with Crippen molar-refractivity contribution in [3.8, 4) is 0 Å². The van der Waals surface area contributed by atoms with E-state index >= 15 is 0 Å². The van der Waals surface area contributed by atoms with Gasteiger partial charge >= 0.3 is 0 Å². The highest BCUT2D eigenvalue weighted by Crippen LogP contribution is 2.26. The molecule has 0 aliphatic carbocycles. The van der Waals surface area contributed by atoms with Crippen LogP contribution in [0.3, 0.4) is 0 Å². The second-order valence-electron chi connectivity index (χ2n) is 6.29. The first kappa shape index (κ1) is 16.6. The van der Waals surface area contributed by atoms with Crippen molar-refractivity contribution >= 4 is 5.91 Å². The fourth-order valence-electron chi connectivity index (χ4n) is 3.17. The average Bonchev–Trinajstić information content (AvgIpc) is 2.90. The molecule has 0 spiro atoms. The van der Waals surface area contributed by atoms with E-state index in [0.717, 1.165) is 43.0 Å². The van der Waals surface area contributed by atoms with Gasteiger partial charge in [0.05, 0.1) is 29.2 Å². The second-order valence-corrected chi connectivity index (χ2v) is 6.29. The van der Waals surface area contributed by atoms with Gasteiger partial charge in [0, 0.05) is 19.9 Å². The molecule has 0 N–H and O–H groups in total. The Morgan fingerprint density at radius 2 is 2.21 bits per heavy atom. The molecule has 1 aliphatic heterocycles. The number of carbonyl (C=O) groups excluding carboxylic acids is 1. The molecule has 1 atom stereocenters. The summed E-state index contributed by atoms with van der Waals surface area (Å²) in [5.41, 5.74) is 3.16. The number of amides is 1. The van der Waals surface area contributed by atoms with E-state index in [1.54, 1.807) is 18.1 Å². The quantitative estimate of drug-likeness (QED) is 0.866. The van der Waals surface area contributed by atoms with Crippen LogP contribution >= 0.6 is 0 Å². The number of ether oxygens (including phenoxy) is 1. The number of pyridine rings is 1. The normalized spacial score (nSPS) is 17.7. The van der Waals surface area contributed by atoms with Crippen LogP contribution in [0.5, 0.6) is 0 Å². The van der Waals surface area contributed by atoms with Crippen LogP contribution in [0.15, 0.2) is 24.4 Å². The largest absolute Gasteiger partial charge is 0.357 e. The van der Waals surface area contributed by atoms with Crippen LogP contribution in [0, 0.1) is 13.8 Å². The van der Waals surface area contributed by atoms with Crippen molar-refractivity contribution in [3.05, 3.63) is 47.0 Å². The number of carbonyl (C=O) groups is 1. The summed E-state index contributed by atoms with van der Waals surface area (Å²) in [6, 6.07) is 5.71. The van der Waals surface area contributed by atoms with Gasteiger partial charge in [-0.25, -0.2) is 4.68 Å². The van der Waals surface area contributed by atoms with Crippen molar-refractivity contribution in [2.45, 2.75) is 45.9 Å². The topological polar surface area (TPSA) is 60.3 Å². The lowest BCUT2D eigenvalue weighted by molar-refractivity contribution is -0.0408. The van der Waals surface area contributed by atoms with E-state index in [-0.39, 0.29) is 12.1 Å². The molecule has 6 nitrogen and oxygen atoms in total. The molecular weight excluding hydrogens is 304 g/mol. The lowest BCUT2D eigenvalue weighted by atomic mass is 10.1. The molecule has 2 aromatic rings. The maximum Gasteiger partial charge on any atom is 0.257 e. The van der Waals surface area contributed by atoms with Crippen LogP contribution in [0.2, 0.25) is 0 Å². The zero-order chi connectivity index (χ0) is 17.1. The van der Waals surface area contributed by atoms with Crippen LogP contribution < -0.4 is 0 Å². The first-order valence-corrected chi connectivity index (χ1v) is 8.40. The Morgan fingerprint density at radius 3 is 2.88 bits per heavy atom. The first-order chi connectivity index (χ1) is 11.6. The molecule has 0 saturated carbocycles. The molecule has 0 radical (unpaired) electrons. The van der Waals surface area contributed by atoms with Gasteiger partial charge in [-0.1, -0.05) is 6.07 Å². The third-order valence-corrected chi connectivity index (χ3v) is 4.44. The molecular formula is C18H24N4O2. The van der Waals surface area contributed by atoms with Crippen LogP contribution in [0.4, 0.5) is 0 Å². The highest BCUT2D eigenvalue weighted by Gasteiger charge is 2.26. The minimum absolute atomic E-state index is 0.0299. The average molecular weight is 328 g/mol. The third-order valence-electron chi connectivity index (χ3n) is 4.44. The van der Waals surface area contributed by atoms with Crippen LogP contribution in [0.25, 0.3) is 0 Å². The zero-order valence-corrected chi connectivity index (χ0v) is 14.5. The highest BCUT2D eigenvalue weighted by molar-refractivity contribution is 5.96. The Kier molecular flexibility index (Phi) is 4.94. The van der Waals surface area contributed by atoms with E-state index in [9.17, 15) is 4.79 Å². The SMILES string of the molecule is Cc1nn([C@@H]2CCCCO2)c(C)c1C(=O)N(C)Cc1ccccn1. The van der Waals surface area contributed by atoms with E-state index in [2.05, 4.69) is 10.1 Å². The van der Waals surface area contributed by atoms with Crippen molar-refractivity contribution in [2.24, 2.45) is 0 Å². The van der Waals surface area contributed by atoms with Crippen LogP contribution in [-0.4, -0.2) is 39.2 Å². The molecule has 1 amide bonds. The van der Waals surface area contributed by atoms with Crippen LogP contribution in [-0.2, 0) is 11.3 Å². The lowest BCUT2D eigenvalue weighted by Crippen LogP contribution is -2.28. The van der Waals surface area contributed by atoms with E-state index in [0.29, 0.717) is 12.1 Å². The number of rotatable bonds is 4. The van der Waals surface area contributed by atoms with Gasteiger partial charge in [-0.15, -0.1) is 0 Å². The van der Waals surface area contributed by atoms with Crippen molar-refractivity contribution in [3.63, 3.8) is 0 Å². The number of nitrogens with zero attached hydrogens (tertiary/aromatic N) is 4. The van der Waals surface area contributed by atoms with Crippen molar-refractivity contribution in [2.75, 3.05) is 13.7 Å². The molecule has 0 bridgehead atoms. The Morgan fingerprint density at radius 1 is 1.38 bits per heavy atom. The first-order valence-electron chi connectivity index (χ1n) is 8.40. The number of hydrogen-bond donors (Lipinski definition) is 0. The Labute approximate surface area is 142 Å². The van der Waals surface area contributed by atoms with Crippen molar-refractivity contribution in [1.29, 1.82) is 0 Å². The summed E-state index contributed by atoms with van der Waals surface area (Å²) in [6.07, 6.45) is 4.85. The van der Waals surface area contributed by atoms with Gasteiger partial charge in [0.2, 0.25) is 0 Å². The molecule has 1 fully saturated rings.